The molecule has 6 fully saturated rings. The van der Waals surface area contributed by atoms with Gasteiger partial charge in [0, 0.05) is 25.2 Å². The molecule has 0 aromatic rings. The van der Waals surface area contributed by atoms with Crippen molar-refractivity contribution in [2.75, 3.05) is 33.2 Å². The van der Waals surface area contributed by atoms with Crippen LogP contribution in [0.15, 0.2) is 0 Å². The third-order valence-corrected chi connectivity index (χ3v) is 8.73. The first-order valence-electron chi connectivity index (χ1n) is 12.4. The van der Waals surface area contributed by atoms with Crippen molar-refractivity contribution in [3.8, 4) is 0 Å². The zero-order chi connectivity index (χ0) is 20.9. The molecule has 6 rings (SSSR count). The predicted octanol–water partition coefficient (Wildman–Crippen LogP) is 2.83. The van der Waals surface area contributed by atoms with Crippen LogP contribution in [-0.4, -0.2) is 66.5 Å². The lowest BCUT2D eigenvalue weighted by molar-refractivity contribution is -0.124. The normalized spacial score (nSPS) is 38.8. The lowest BCUT2D eigenvalue weighted by Gasteiger charge is -2.56. The van der Waals surface area contributed by atoms with Crippen molar-refractivity contribution in [2.45, 2.75) is 76.3 Å². The molecule has 1 saturated heterocycles. The molecule has 0 spiro atoms. The van der Waals surface area contributed by atoms with E-state index in [4.69, 9.17) is 0 Å². The molecule has 6 aliphatic rings. The van der Waals surface area contributed by atoms with Crippen LogP contribution in [0.2, 0.25) is 0 Å². The number of nitrogens with zero attached hydrogens (tertiary/aromatic N) is 2. The van der Waals surface area contributed by atoms with Crippen LogP contribution < -0.4 is 10.6 Å². The number of nitrogens with one attached hydrogen (secondary N) is 2. The second-order valence-corrected chi connectivity index (χ2v) is 11.6. The summed E-state index contributed by atoms with van der Waals surface area (Å²) in [6.45, 7) is 6.20. The van der Waals surface area contributed by atoms with Crippen molar-refractivity contribution >= 4 is 11.9 Å². The summed E-state index contributed by atoms with van der Waals surface area (Å²) in [4.78, 5) is 30.2. The number of carbonyl (C=O) groups is 2. The average molecular weight is 417 g/mol. The predicted molar refractivity (Wildman–Crippen MR) is 117 cm³/mol. The molecular formula is C24H40N4O2. The Morgan fingerprint density at radius 2 is 1.60 bits per heavy atom. The Hall–Kier alpha value is -1.14. The zero-order valence-electron chi connectivity index (χ0n) is 18.9. The number of rotatable bonds is 7. The molecule has 2 atom stereocenters. The molecule has 5 aliphatic carbocycles. The standard InChI is InChI=1S/C24H40N4O2/c1-16(28-6-5-18(15-28)14-27(2)13-17-3-4-17)22(29)25-23(30)26-24-10-19-7-20(11-24)9-21(8-19)12-24/h16-21H,3-15H2,1-2H3,(H2,25,26,29,30). The Kier molecular flexibility index (Phi) is 5.59. The zero-order valence-corrected chi connectivity index (χ0v) is 18.9. The molecule has 30 heavy (non-hydrogen) atoms. The van der Waals surface area contributed by atoms with E-state index in [0.29, 0.717) is 5.92 Å². The van der Waals surface area contributed by atoms with Gasteiger partial charge in [-0.15, -0.1) is 0 Å². The minimum absolute atomic E-state index is 0.0484. The molecule has 0 aromatic carbocycles. The summed E-state index contributed by atoms with van der Waals surface area (Å²) in [5, 5.41) is 5.94. The van der Waals surface area contributed by atoms with E-state index in [9.17, 15) is 9.59 Å². The number of imide groups is 1. The van der Waals surface area contributed by atoms with Gasteiger partial charge in [-0.3, -0.25) is 15.0 Å². The summed E-state index contributed by atoms with van der Waals surface area (Å²) in [5.41, 5.74) is -0.0484. The Morgan fingerprint density at radius 1 is 1.00 bits per heavy atom. The lowest BCUT2D eigenvalue weighted by atomic mass is 9.53. The van der Waals surface area contributed by atoms with Crippen LogP contribution in [-0.2, 0) is 4.79 Å². The highest BCUT2D eigenvalue weighted by Crippen LogP contribution is 2.55. The number of amides is 3. The monoisotopic (exact) mass is 416 g/mol. The first kappa shape index (κ1) is 20.7. The van der Waals surface area contributed by atoms with Gasteiger partial charge in [0.2, 0.25) is 5.91 Å². The molecule has 1 aliphatic heterocycles. The van der Waals surface area contributed by atoms with Gasteiger partial charge in [-0.2, -0.15) is 0 Å². The third-order valence-electron chi connectivity index (χ3n) is 8.73. The highest BCUT2D eigenvalue weighted by Gasteiger charge is 2.51. The fraction of sp³-hybridized carbons (Fsp3) is 0.917. The molecule has 4 bridgehead atoms. The lowest BCUT2D eigenvalue weighted by Crippen LogP contribution is -2.62. The van der Waals surface area contributed by atoms with Gasteiger partial charge in [-0.1, -0.05) is 0 Å². The van der Waals surface area contributed by atoms with Crippen molar-refractivity contribution in [3.63, 3.8) is 0 Å². The Labute approximate surface area is 181 Å². The van der Waals surface area contributed by atoms with Crippen LogP contribution in [0.5, 0.6) is 0 Å². The van der Waals surface area contributed by atoms with Crippen LogP contribution in [0.4, 0.5) is 4.79 Å². The number of urea groups is 1. The van der Waals surface area contributed by atoms with E-state index in [1.807, 2.05) is 6.92 Å². The summed E-state index contributed by atoms with van der Waals surface area (Å²) in [6, 6.07) is -0.514. The van der Waals surface area contributed by atoms with E-state index in [1.54, 1.807) is 0 Å². The molecule has 2 unspecified atom stereocenters. The Morgan fingerprint density at radius 3 is 2.20 bits per heavy atom. The molecule has 0 radical (unpaired) electrons. The van der Waals surface area contributed by atoms with Gasteiger partial charge in [0.1, 0.15) is 0 Å². The minimum atomic E-state index is -0.270. The average Bonchev–Trinajstić information content (AvgIpc) is 3.34. The van der Waals surface area contributed by atoms with E-state index < -0.39 is 0 Å². The van der Waals surface area contributed by atoms with Gasteiger partial charge in [-0.05, 0) is 108 Å². The molecule has 168 valence electrons. The van der Waals surface area contributed by atoms with Gasteiger partial charge in [-0.25, -0.2) is 4.79 Å². The van der Waals surface area contributed by atoms with Crippen LogP contribution in [0.3, 0.4) is 0 Å². The van der Waals surface area contributed by atoms with Crippen LogP contribution in [0.25, 0.3) is 0 Å². The van der Waals surface area contributed by atoms with Gasteiger partial charge < -0.3 is 10.2 Å². The van der Waals surface area contributed by atoms with E-state index in [1.165, 1.54) is 38.6 Å². The molecule has 6 nitrogen and oxygen atoms in total. The second-order valence-electron chi connectivity index (χ2n) is 11.6. The number of carbonyl (C=O) groups excluding carboxylic acids is 2. The molecular weight excluding hydrogens is 376 g/mol. The third kappa shape index (κ3) is 4.55. The fourth-order valence-corrected chi connectivity index (χ4v) is 7.54. The van der Waals surface area contributed by atoms with Crippen LogP contribution in [0, 0.1) is 29.6 Å². The SMILES string of the molecule is CC(C(=O)NC(=O)NC12CC3CC(CC(C3)C1)C2)N1CCC(CN(C)CC2CC2)C1. The maximum Gasteiger partial charge on any atom is 0.321 e. The number of likely N-dealkylation sites (tertiary alicyclic amines) is 1. The van der Waals surface area contributed by atoms with E-state index >= 15 is 0 Å². The fourth-order valence-electron chi connectivity index (χ4n) is 7.54. The first-order chi connectivity index (χ1) is 14.4. The molecule has 5 saturated carbocycles. The summed E-state index contributed by atoms with van der Waals surface area (Å²) in [6.07, 6.45) is 11.3. The summed E-state index contributed by atoms with van der Waals surface area (Å²) >= 11 is 0. The van der Waals surface area contributed by atoms with Gasteiger partial charge >= 0.3 is 6.03 Å². The number of hydrogen-bond donors (Lipinski definition) is 2. The summed E-state index contributed by atoms with van der Waals surface area (Å²) in [7, 11) is 2.23. The maximum absolute atomic E-state index is 12.8. The molecule has 0 aromatic heterocycles. The maximum atomic E-state index is 12.8. The smallest absolute Gasteiger partial charge is 0.321 e. The van der Waals surface area contributed by atoms with Gasteiger partial charge in [0.15, 0.2) is 0 Å². The van der Waals surface area contributed by atoms with E-state index in [2.05, 4.69) is 27.5 Å². The summed E-state index contributed by atoms with van der Waals surface area (Å²) < 4.78 is 0. The van der Waals surface area contributed by atoms with Crippen LogP contribution in [0.1, 0.15) is 64.7 Å². The quantitative estimate of drug-likeness (QED) is 0.670. The highest BCUT2D eigenvalue weighted by atomic mass is 16.2. The van der Waals surface area contributed by atoms with Crippen molar-refractivity contribution < 1.29 is 9.59 Å². The van der Waals surface area contributed by atoms with Crippen molar-refractivity contribution in [3.05, 3.63) is 0 Å². The topological polar surface area (TPSA) is 64.7 Å². The number of hydrogen-bond acceptors (Lipinski definition) is 4. The molecule has 6 heteroatoms. The Balaban J connectivity index is 1.08. The molecule has 2 N–H and O–H groups in total. The highest BCUT2D eigenvalue weighted by molar-refractivity contribution is 5.97. The van der Waals surface area contributed by atoms with Crippen molar-refractivity contribution in [1.82, 2.24) is 20.4 Å². The second kappa shape index (κ2) is 8.09. The molecule has 1 heterocycles. The minimum Gasteiger partial charge on any atom is -0.332 e. The van der Waals surface area contributed by atoms with Crippen LogP contribution >= 0.6 is 0 Å². The largest absolute Gasteiger partial charge is 0.332 e. The van der Waals surface area contributed by atoms with Gasteiger partial charge in [0.25, 0.3) is 0 Å². The molecule has 3 amide bonds. The van der Waals surface area contributed by atoms with Crippen molar-refractivity contribution in [2.24, 2.45) is 29.6 Å². The summed E-state index contributed by atoms with van der Waals surface area (Å²) in [5.74, 6) is 3.75. The Bertz CT molecular complexity index is 641. The first-order valence-corrected chi connectivity index (χ1v) is 12.4. The van der Waals surface area contributed by atoms with Crippen molar-refractivity contribution in [1.29, 1.82) is 0 Å². The van der Waals surface area contributed by atoms with E-state index in [0.717, 1.165) is 69.0 Å². The van der Waals surface area contributed by atoms with E-state index in [-0.39, 0.29) is 23.5 Å². The van der Waals surface area contributed by atoms with Gasteiger partial charge in [0.05, 0.1) is 6.04 Å².